The maximum absolute atomic E-state index is 12.6. The second-order valence-corrected chi connectivity index (χ2v) is 8.33. The van der Waals surface area contributed by atoms with Gasteiger partial charge >= 0.3 is 12.1 Å². The van der Waals surface area contributed by atoms with E-state index in [-0.39, 0.29) is 17.2 Å². The topological polar surface area (TPSA) is 109 Å². The number of carboxylic acids is 1. The number of aromatic nitrogens is 3. The number of fused-ring (bicyclic) bond motifs is 1. The molecule has 0 atom stereocenters. The average molecular weight is 385 g/mol. The first-order chi connectivity index (χ1) is 13.2. The van der Waals surface area contributed by atoms with E-state index >= 15 is 0 Å². The predicted molar refractivity (Wildman–Crippen MR) is 101 cm³/mol. The molecule has 1 aliphatic heterocycles. The Bertz CT molecular complexity index is 951. The predicted octanol–water partition coefficient (Wildman–Crippen LogP) is 2.31. The van der Waals surface area contributed by atoms with E-state index in [0.717, 1.165) is 12.8 Å². The molecule has 1 N–H and O–H groups in total. The minimum Gasteiger partial charge on any atom is -0.478 e. The molecule has 0 radical (unpaired) electrons. The standard InChI is InChI=1S/C19H23N5O4/c1-18(2,3)28-17(27)24-9-8-23(11-19(24)4-5-19)15-14-13(20-6-7-21-14)12(10-22-15)16(25)26/h6-7,10H,4-5,8-9,11H2,1-3H3,(H,25,26). The number of hydrogen-bond acceptors (Lipinski definition) is 7. The summed E-state index contributed by atoms with van der Waals surface area (Å²) >= 11 is 0. The lowest BCUT2D eigenvalue weighted by Gasteiger charge is -2.42. The summed E-state index contributed by atoms with van der Waals surface area (Å²) in [5.41, 5.74) is 0.00996. The number of pyridine rings is 1. The second kappa shape index (κ2) is 6.29. The number of ether oxygens (including phenoxy) is 1. The summed E-state index contributed by atoms with van der Waals surface area (Å²) in [6.07, 6.45) is 5.85. The molecule has 0 bridgehead atoms. The minimum absolute atomic E-state index is 0.0281. The summed E-state index contributed by atoms with van der Waals surface area (Å²) in [6.45, 7) is 7.26. The highest BCUT2D eigenvalue weighted by atomic mass is 16.6. The number of hydrogen-bond donors (Lipinski definition) is 1. The third-order valence-corrected chi connectivity index (χ3v) is 5.10. The Morgan fingerprint density at radius 2 is 1.79 bits per heavy atom. The summed E-state index contributed by atoms with van der Waals surface area (Å²) in [5.74, 6) is -0.485. The number of amides is 1. The quantitative estimate of drug-likeness (QED) is 0.839. The Morgan fingerprint density at radius 3 is 2.39 bits per heavy atom. The number of piperazine rings is 1. The van der Waals surface area contributed by atoms with Crippen molar-refractivity contribution in [3.05, 3.63) is 24.2 Å². The van der Waals surface area contributed by atoms with Crippen LogP contribution in [0.25, 0.3) is 11.0 Å². The SMILES string of the molecule is CC(C)(C)OC(=O)N1CCN(c2ncc(C(=O)O)c3nccnc23)CC12CC2. The summed E-state index contributed by atoms with van der Waals surface area (Å²) in [4.78, 5) is 40.9. The average Bonchev–Trinajstić information content (AvgIpc) is 3.38. The highest BCUT2D eigenvalue weighted by molar-refractivity contribution is 6.03. The van der Waals surface area contributed by atoms with Crippen molar-refractivity contribution in [3.63, 3.8) is 0 Å². The molecule has 9 nitrogen and oxygen atoms in total. The molecule has 2 fully saturated rings. The molecule has 0 aromatic carbocycles. The molecule has 2 aromatic rings. The van der Waals surface area contributed by atoms with Crippen LogP contribution in [0.2, 0.25) is 0 Å². The van der Waals surface area contributed by atoms with Crippen molar-refractivity contribution in [2.75, 3.05) is 24.5 Å². The first-order valence-electron chi connectivity index (χ1n) is 9.29. The number of aromatic carboxylic acids is 1. The molecule has 2 aliphatic rings. The minimum atomic E-state index is -1.09. The van der Waals surface area contributed by atoms with Gasteiger partial charge in [-0.05, 0) is 33.6 Å². The van der Waals surface area contributed by atoms with E-state index in [1.54, 1.807) is 0 Å². The Hall–Kier alpha value is -2.97. The molecule has 1 aliphatic carbocycles. The Balaban J connectivity index is 1.63. The molecular weight excluding hydrogens is 362 g/mol. The molecule has 1 saturated carbocycles. The molecule has 1 amide bonds. The van der Waals surface area contributed by atoms with Crippen LogP contribution in [0.3, 0.4) is 0 Å². The largest absolute Gasteiger partial charge is 0.478 e. The van der Waals surface area contributed by atoms with Gasteiger partial charge in [0.15, 0.2) is 5.82 Å². The Kier molecular flexibility index (Phi) is 4.13. The highest BCUT2D eigenvalue weighted by Gasteiger charge is 2.54. The maximum atomic E-state index is 12.6. The van der Waals surface area contributed by atoms with Gasteiger partial charge in [-0.1, -0.05) is 0 Å². The van der Waals surface area contributed by atoms with E-state index in [2.05, 4.69) is 19.9 Å². The van der Waals surface area contributed by atoms with Crippen molar-refractivity contribution in [1.29, 1.82) is 0 Å². The molecule has 28 heavy (non-hydrogen) atoms. The van der Waals surface area contributed by atoms with Crippen LogP contribution in [0.1, 0.15) is 44.0 Å². The van der Waals surface area contributed by atoms with Gasteiger partial charge in [-0.15, -0.1) is 0 Å². The lowest BCUT2D eigenvalue weighted by atomic mass is 10.1. The van der Waals surface area contributed by atoms with Crippen molar-refractivity contribution >= 4 is 28.9 Å². The number of rotatable bonds is 2. The van der Waals surface area contributed by atoms with Crippen molar-refractivity contribution in [2.24, 2.45) is 0 Å². The van der Waals surface area contributed by atoms with Gasteiger partial charge in [0.25, 0.3) is 0 Å². The normalized spacial score (nSPS) is 18.4. The monoisotopic (exact) mass is 385 g/mol. The van der Waals surface area contributed by atoms with Crippen LogP contribution in [-0.2, 0) is 4.74 Å². The van der Waals surface area contributed by atoms with Crippen LogP contribution in [0.5, 0.6) is 0 Å². The molecule has 4 rings (SSSR count). The van der Waals surface area contributed by atoms with Gasteiger partial charge in [0.2, 0.25) is 0 Å². The first-order valence-corrected chi connectivity index (χ1v) is 9.29. The van der Waals surface area contributed by atoms with Crippen molar-refractivity contribution in [2.45, 2.75) is 44.8 Å². The molecule has 1 saturated heterocycles. The molecule has 1 spiro atoms. The summed E-state index contributed by atoms with van der Waals surface area (Å²) in [5, 5.41) is 9.39. The third-order valence-electron chi connectivity index (χ3n) is 5.10. The van der Waals surface area contributed by atoms with Crippen molar-refractivity contribution < 1.29 is 19.4 Å². The number of carbonyl (C=O) groups is 2. The van der Waals surface area contributed by atoms with Crippen LogP contribution >= 0.6 is 0 Å². The summed E-state index contributed by atoms with van der Waals surface area (Å²) in [6, 6.07) is 0. The summed E-state index contributed by atoms with van der Waals surface area (Å²) < 4.78 is 5.57. The van der Waals surface area contributed by atoms with Gasteiger partial charge in [0.05, 0.1) is 5.54 Å². The fourth-order valence-electron chi connectivity index (χ4n) is 3.67. The van der Waals surface area contributed by atoms with Gasteiger partial charge in [0, 0.05) is 38.2 Å². The van der Waals surface area contributed by atoms with Crippen molar-refractivity contribution in [3.8, 4) is 0 Å². The zero-order valence-electron chi connectivity index (χ0n) is 16.2. The van der Waals surface area contributed by atoms with Gasteiger partial charge in [0.1, 0.15) is 22.2 Å². The van der Waals surface area contributed by atoms with Gasteiger partial charge in [-0.2, -0.15) is 0 Å². The first kappa shape index (κ1) is 18.4. The van der Waals surface area contributed by atoms with Crippen LogP contribution in [0.15, 0.2) is 18.6 Å². The fourth-order valence-corrected chi connectivity index (χ4v) is 3.67. The van der Waals surface area contributed by atoms with E-state index in [0.29, 0.717) is 36.5 Å². The smallest absolute Gasteiger partial charge is 0.410 e. The van der Waals surface area contributed by atoms with Gasteiger partial charge in [-0.3, -0.25) is 9.88 Å². The third kappa shape index (κ3) is 3.21. The zero-order chi connectivity index (χ0) is 20.1. The van der Waals surface area contributed by atoms with E-state index in [1.807, 2.05) is 25.7 Å². The number of anilines is 1. The molecule has 0 unspecified atom stereocenters. The van der Waals surface area contributed by atoms with Crippen LogP contribution in [-0.4, -0.2) is 67.8 Å². The Labute approximate surface area is 162 Å². The maximum Gasteiger partial charge on any atom is 0.410 e. The fraction of sp³-hybridized carbons (Fsp3) is 0.526. The lowest BCUT2D eigenvalue weighted by Crippen LogP contribution is -2.58. The number of carbonyl (C=O) groups excluding carboxylic acids is 1. The van der Waals surface area contributed by atoms with E-state index in [1.165, 1.54) is 18.6 Å². The van der Waals surface area contributed by atoms with Crippen molar-refractivity contribution in [1.82, 2.24) is 19.9 Å². The summed E-state index contributed by atoms with van der Waals surface area (Å²) in [7, 11) is 0. The second-order valence-electron chi connectivity index (χ2n) is 8.33. The van der Waals surface area contributed by atoms with Crippen LogP contribution in [0.4, 0.5) is 10.6 Å². The molecule has 148 valence electrons. The van der Waals surface area contributed by atoms with Gasteiger partial charge < -0.3 is 14.7 Å². The molecule has 3 heterocycles. The highest BCUT2D eigenvalue weighted by Crippen LogP contribution is 2.46. The number of carboxylic acid groups (broad SMARTS) is 1. The Morgan fingerprint density at radius 1 is 1.11 bits per heavy atom. The van der Waals surface area contributed by atoms with E-state index in [9.17, 15) is 14.7 Å². The molecule has 9 heteroatoms. The van der Waals surface area contributed by atoms with E-state index < -0.39 is 11.6 Å². The number of nitrogens with zero attached hydrogens (tertiary/aromatic N) is 5. The zero-order valence-corrected chi connectivity index (χ0v) is 16.2. The molecule has 2 aromatic heterocycles. The van der Waals surface area contributed by atoms with E-state index in [4.69, 9.17) is 4.74 Å². The van der Waals surface area contributed by atoms with Crippen LogP contribution < -0.4 is 4.90 Å². The molecular formula is C19H23N5O4. The lowest BCUT2D eigenvalue weighted by molar-refractivity contribution is 0.0106. The van der Waals surface area contributed by atoms with Gasteiger partial charge in [-0.25, -0.2) is 19.6 Å². The van der Waals surface area contributed by atoms with Crippen LogP contribution in [0, 0.1) is 0 Å².